The van der Waals surface area contributed by atoms with Gasteiger partial charge in [-0.25, -0.2) is 4.98 Å². The van der Waals surface area contributed by atoms with Crippen LogP contribution in [0, 0.1) is 6.92 Å². The maximum atomic E-state index is 13.9. The number of carbonyl (C=O) groups is 3. The van der Waals surface area contributed by atoms with Gasteiger partial charge in [-0.2, -0.15) is 5.10 Å². The summed E-state index contributed by atoms with van der Waals surface area (Å²) in [5, 5.41) is 10.9. The summed E-state index contributed by atoms with van der Waals surface area (Å²) in [6.45, 7) is 15.1. The highest BCUT2D eigenvalue weighted by molar-refractivity contribution is 6.08. The number of pyridine rings is 2. The van der Waals surface area contributed by atoms with Gasteiger partial charge in [0.25, 0.3) is 11.5 Å². The Morgan fingerprint density at radius 1 is 0.900 bits per heavy atom. The van der Waals surface area contributed by atoms with Crippen molar-refractivity contribution in [2.75, 3.05) is 44.2 Å². The van der Waals surface area contributed by atoms with E-state index in [9.17, 15) is 19.2 Å². The van der Waals surface area contributed by atoms with Gasteiger partial charge in [-0.15, -0.1) is 0 Å². The van der Waals surface area contributed by atoms with Gasteiger partial charge in [0.15, 0.2) is 0 Å². The van der Waals surface area contributed by atoms with Crippen LogP contribution in [0.25, 0.3) is 22.0 Å². The molecule has 3 aliphatic heterocycles. The van der Waals surface area contributed by atoms with E-state index in [1.54, 1.807) is 6.20 Å². The Morgan fingerprint density at radius 2 is 1.67 bits per heavy atom. The van der Waals surface area contributed by atoms with Gasteiger partial charge in [0, 0.05) is 86.2 Å². The third-order valence-electron chi connectivity index (χ3n) is 12.6. The van der Waals surface area contributed by atoms with Crippen LogP contribution >= 0.6 is 0 Å². The minimum Gasteiger partial charge on any atom is -0.354 e. The quantitative estimate of drug-likeness (QED) is 0.132. The summed E-state index contributed by atoms with van der Waals surface area (Å²) < 4.78 is 1.94. The fourth-order valence-corrected chi connectivity index (χ4v) is 9.27. The van der Waals surface area contributed by atoms with Crippen molar-refractivity contribution >= 4 is 34.4 Å². The number of piperidine rings is 2. The first-order valence-electron chi connectivity index (χ1n) is 21.7. The number of hydrogen-bond acceptors (Lipinski definition) is 9. The number of nitrogens with one attached hydrogen (secondary N) is 3. The Labute approximate surface area is 351 Å². The number of benzene rings is 2. The molecule has 3 amide bonds. The zero-order chi connectivity index (χ0) is 41.9. The van der Waals surface area contributed by atoms with E-state index in [0.29, 0.717) is 30.0 Å². The number of anilines is 1. The van der Waals surface area contributed by atoms with Crippen LogP contribution in [-0.2, 0) is 29.1 Å². The zero-order valence-corrected chi connectivity index (χ0v) is 35.3. The molecule has 5 aromatic rings. The van der Waals surface area contributed by atoms with Crippen molar-refractivity contribution in [3.8, 4) is 11.1 Å². The Kier molecular flexibility index (Phi) is 12.3. The number of imide groups is 1. The molecule has 3 N–H and O–H groups in total. The molecule has 0 aliphatic carbocycles. The van der Waals surface area contributed by atoms with Gasteiger partial charge in [-0.1, -0.05) is 37.6 Å². The molecule has 2 aromatic carbocycles. The zero-order valence-electron chi connectivity index (χ0n) is 35.3. The van der Waals surface area contributed by atoms with Crippen molar-refractivity contribution in [2.24, 2.45) is 0 Å². The normalized spacial score (nSPS) is 18.4. The predicted molar refractivity (Wildman–Crippen MR) is 234 cm³/mol. The smallest absolute Gasteiger partial charge is 0.253 e. The van der Waals surface area contributed by atoms with Crippen LogP contribution in [0.2, 0.25) is 0 Å². The number of nitrogens with zero attached hydrogens (tertiary/aromatic N) is 6. The number of likely N-dealkylation sites (tertiary alicyclic amines) is 1. The van der Waals surface area contributed by atoms with Gasteiger partial charge >= 0.3 is 0 Å². The maximum Gasteiger partial charge on any atom is 0.253 e. The van der Waals surface area contributed by atoms with Crippen LogP contribution in [0.4, 0.5) is 5.82 Å². The molecule has 1 unspecified atom stereocenters. The molecule has 3 saturated heterocycles. The van der Waals surface area contributed by atoms with Crippen molar-refractivity contribution in [3.63, 3.8) is 0 Å². The second-order valence-corrected chi connectivity index (χ2v) is 17.0. The molecule has 13 nitrogen and oxygen atoms in total. The van der Waals surface area contributed by atoms with Crippen LogP contribution in [-0.4, -0.2) is 92.6 Å². The van der Waals surface area contributed by atoms with Gasteiger partial charge in [-0.3, -0.25) is 39.0 Å². The third-order valence-corrected chi connectivity index (χ3v) is 12.6. The van der Waals surface area contributed by atoms with E-state index >= 15 is 0 Å². The molecule has 3 fully saturated rings. The molecule has 60 heavy (non-hydrogen) atoms. The van der Waals surface area contributed by atoms with Gasteiger partial charge in [0.05, 0.1) is 23.2 Å². The molecule has 6 heterocycles. The Balaban J connectivity index is 0.873. The monoisotopic (exact) mass is 811 g/mol. The van der Waals surface area contributed by atoms with Gasteiger partial charge in [-0.05, 0) is 112 Å². The number of aromatic nitrogens is 4. The highest BCUT2D eigenvalue weighted by Crippen LogP contribution is 2.31. The number of rotatable bonds is 12. The SMILES string of the molecule is CCCc1cc(C)[nH]c(=O)c1CNC(=O)c1cc(-c2ccc(N3CCN(C4CCN(Cc5ccc(C6CCC(=O)NC6=O)cc5)CC4)CC3)nc2)cc2c1cnn2C(C)C. The third kappa shape index (κ3) is 8.92. The summed E-state index contributed by atoms with van der Waals surface area (Å²) in [5.41, 5.74) is 7.63. The second-order valence-electron chi connectivity index (χ2n) is 17.0. The number of H-pyrrole nitrogens is 1. The number of aryl methyl sites for hydroxylation is 2. The first kappa shape index (κ1) is 41.1. The fraction of sp³-hybridized carbons (Fsp3) is 0.447. The van der Waals surface area contributed by atoms with E-state index < -0.39 is 0 Å². The minimum atomic E-state index is -0.251. The number of carbonyl (C=O) groups excluding carboxylic acids is 3. The van der Waals surface area contributed by atoms with Crippen molar-refractivity contribution in [2.45, 2.75) is 97.3 Å². The minimum absolute atomic E-state index is 0.0983. The Morgan fingerprint density at radius 3 is 2.35 bits per heavy atom. The maximum absolute atomic E-state index is 13.9. The van der Waals surface area contributed by atoms with Crippen molar-refractivity contribution in [1.29, 1.82) is 0 Å². The van der Waals surface area contributed by atoms with E-state index in [2.05, 4.69) is 86.5 Å². The summed E-state index contributed by atoms with van der Waals surface area (Å²) in [5.74, 6) is 0.0877. The first-order chi connectivity index (χ1) is 29.0. The van der Waals surface area contributed by atoms with Crippen LogP contribution in [0.15, 0.2) is 71.8 Å². The van der Waals surface area contributed by atoms with E-state index in [1.807, 2.05) is 42.1 Å². The van der Waals surface area contributed by atoms with E-state index in [1.165, 1.54) is 5.56 Å². The van der Waals surface area contributed by atoms with E-state index in [4.69, 9.17) is 4.98 Å². The average molecular weight is 812 g/mol. The molecule has 0 radical (unpaired) electrons. The highest BCUT2D eigenvalue weighted by Gasteiger charge is 2.30. The van der Waals surface area contributed by atoms with Crippen molar-refractivity contribution < 1.29 is 14.4 Å². The molecule has 0 bridgehead atoms. The average Bonchev–Trinajstić information content (AvgIpc) is 3.69. The number of fused-ring (bicyclic) bond motifs is 1. The number of hydrogen-bond donors (Lipinski definition) is 3. The lowest BCUT2D eigenvalue weighted by molar-refractivity contribution is -0.134. The fourth-order valence-electron chi connectivity index (χ4n) is 9.27. The lowest BCUT2D eigenvalue weighted by Crippen LogP contribution is -2.53. The van der Waals surface area contributed by atoms with E-state index in [-0.39, 0.29) is 41.8 Å². The topological polar surface area (TPSA) is 149 Å². The number of aromatic amines is 1. The molecular formula is C47H57N9O4. The summed E-state index contributed by atoms with van der Waals surface area (Å²) >= 11 is 0. The van der Waals surface area contributed by atoms with Crippen molar-refractivity contribution in [1.82, 2.24) is 40.2 Å². The predicted octanol–water partition coefficient (Wildman–Crippen LogP) is 5.87. The molecule has 3 aromatic heterocycles. The summed E-state index contributed by atoms with van der Waals surface area (Å²) in [7, 11) is 0. The van der Waals surface area contributed by atoms with E-state index in [0.717, 1.165) is 116 Å². The van der Waals surface area contributed by atoms with Crippen LogP contribution in [0.1, 0.15) is 103 Å². The van der Waals surface area contributed by atoms with Crippen LogP contribution in [0.3, 0.4) is 0 Å². The molecule has 13 heteroatoms. The van der Waals surface area contributed by atoms with Gasteiger partial charge in [0.2, 0.25) is 11.8 Å². The summed E-state index contributed by atoms with van der Waals surface area (Å²) in [6.07, 6.45) is 8.59. The highest BCUT2D eigenvalue weighted by atomic mass is 16.2. The Hall–Kier alpha value is -5.66. The first-order valence-corrected chi connectivity index (χ1v) is 21.7. The molecule has 314 valence electrons. The Bertz CT molecular complexity index is 2400. The molecular weight excluding hydrogens is 755 g/mol. The molecule has 3 aliphatic rings. The lowest BCUT2D eigenvalue weighted by Gasteiger charge is -2.43. The second kappa shape index (κ2) is 17.9. The number of amides is 3. The summed E-state index contributed by atoms with van der Waals surface area (Å²) in [4.78, 5) is 66.0. The van der Waals surface area contributed by atoms with Crippen LogP contribution in [0.5, 0.6) is 0 Å². The molecule has 1 atom stereocenters. The number of piperazine rings is 1. The molecule has 8 rings (SSSR count). The van der Waals surface area contributed by atoms with Gasteiger partial charge in [0.1, 0.15) is 5.82 Å². The van der Waals surface area contributed by atoms with Gasteiger partial charge < -0.3 is 15.2 Å². The summed E-state index contributed by atoms with van der Waals surface area (Å²) in [6, 6.07) is 19.2. The largest absolute Gasteiger partial charge is 0.354 e. The molecule has 0 saturated carbocycles. The van der Waals surface area contributed by atoms with Crippen LogP contribution < -0.4 is 21.1 Å². The lowest BCUT2D eigenvalue weighted by atomic mass is 9.90. The molecule has 0 spiro atoms. The van der Waals surface area contributed by atoms with Crippen molar-refractivity contribution in [3.05, 3.63) is 111 Å². The standard InChI is InChI=1S/C47H57N9O4/c1-5-6-34-23-31(4)51-47(60)40(34)27-49-45(58)39-24-36(25-42-41(39)28-50-56(42)30(2)3)35-11-13-43(48-26-35)55-21-19-54(20-22-55)37-15-17-53(18-16-37)29-32-7-9-33(10-8-32)38-12-14-44(57)52-46(38)59/h7-11,13,23-26,28,30,37-38H,5-6,12,14-22,27,29H2,1-4H3,(H,49,58)(H,51,60)(H,52,57,59).